The average molecular weight is 275 g/mol. The minimum atomic E-state index is 0.423. The van der Waals surface area contributed by atoms with E-state index in [-0.39, 0.29) is 0 Å². The molecule has 2 aromatic heterocycles. The Kier molecular flexibility index (Phi) is 4.11. The van der Waals surface area contributed by atoms with Crippen LogP contribution >= 0.6 is 0 Å². The molecule has 20 heavy (non-hydrogen) atoms. The van der Waals surface area contributed by atoms with Gasteiger partial charge in [-0.15, -0.1) is 0 Å². The third-order valence-corrected chi connectivity index (χ3v) is 3.93. The van der Waals surface area contributed by atoms with Crippen LogP contribution in [-0.2, 0) is 13.0 Å². The van der Waals surface area contributed by atoms with Crippen LogP contribution in [0, 0.1) is 0 Å². The summed E-state index contributed by atoms with van der Waals surface area (Å²) in [6, 6.07) is 2.83. The number of aryl methyl sites for hydroxylation is 1. The van der Waals surface area contributed by atoms with Gasteiger partial charge in [0.25, 0.3) is 0 Å². The second-order valence-electron chi connectivity index (χ2n) is 5.28. The van der Waals surface area contributed by atoms with Crippen molar-refractivity contribution in [3.05, 3.63) is 30.2 Å². The molecular weight excluding hydrogens is 254 g/mol. The molecule has 1 aliphatic rings. The first-order valence-electron chi connectivity index (χ1n) is 7.41. The molecule has 0 aromatic carbocycles. The highest BCUT2D eigenvalue weighted by atomic mass is 16.5. The lowest BCUT2D eigenvalue weighted by molar-refractivity contribution is 0.243. The van der Waals surface area contributed by atoms with Gasteiger partial charge in [0.05, 0.1) is 12.6 Å². The molecule has 6 nitrogen and oxygen atoms in total. The Bertz CT molecular complexity index is 521. The van der Waals surface area contributed by atoms with Crippen molar-refractivity contribution in [2.24, 2.45) is 0 Å². The van der Waals surface area contributed by atoms with E-state index < -0.39 is 0 Å². The topological polar surface area (TPSA) is 68.8 Å². The first-order valence-corrected chi connectivity index (χ1v) is 7.41. The van der Waals surface area contributed by atoms with Gasteiger partial charge in [0.15, 0.2) is 5.82 Å². The minimum absolute atomic E-state index is 0.423. The van der Waals surface area contributed by atoms with Crippen LogP contribution in [0.4, 0.5) is 0 Å². The first-order chi connectivity index (χ1) is 9.86. The maximum atomic E-state index is 5.13. The summed E-state index contributed by atoms with van der Waals surface area (Å²) < 4.78 is 7.21. The smallest absolute Gasteiger partial charge is 0.226 e. The van der Waals surface area contributed by atoms with Crippen LogP contribution in [0.2, 0.25) is 0 Å². The molecule has 0 amide bonds. The molecule has 2 aromatic rings. The van der Waals surface area contributed by atoms with Crippen molar-refractivity contribution in [1.29, 1.82) is 0 Å². The van der Waals surface area contributed by atoms with Crippen molar-refractivity contribution in [1.82, 2.24) is 25.2 Å². The summed E-state index contributed by atoms with van der Waals surface area (Å²) in [5.74, 6) is 1.45. The number of rotatable bonds is 5. The van der Waals surface area contributed by atoms with E-state index in [4.69, 9.17) is 4.52 Å². The lowest BCUT2D eigenvalue weighted by atomic mass is 9.90. The van der Waals surface area contributed by atoms with Gasteiger partial charge in [0.1, 0.15) is 0 Å². The molecule has 0 saturated heterocycles. The maximum Gasteiger partial charge on any atom is 0.226 e. The minimum Gasteiger partial charge on any atom is -0.339 e. The van der Waals surface area contributed by atoms with Crippen molar-refractivity contribution in [2.75, 3.05) is 0 Å². The molecule has 6 heteroatoms. The van der Waals surface area contributed by atoms with Crippen LogP contribution in [0.3, 0.4) is 0 Å². The summed E-state index contributed by atoms with van der Waals surface area (Å²) >= 11 is 0. The number of aromatic nitrogens is 4. The largest absolute Gasteiger partial charge is 0.339 e. The predicted molar refractivity (Wildman–Crippen MR) is 74.0 cm³/mol. The van der Waals surface area contributed by atoms with Crippen molar-refractivity contribution in [2.45, 2.75) is 57.7 Å². The zero-order valence-corrected chi connectivity index (χ0v) is 11.8. The highest BCUT2D eigenvalue weighted by Gasteiger charge is 2.26. The van der Waals surface area contributed by atoms with Gasteiger partial charge in [-0.05, 0) is 18.9 Å². The van der Waals surface area contributed by atoms with E-state index in [0.29, 0.717) is 24.5 Å². The third kappa shape index (κ3) is 2.90. The molecule has 0 bridgehead atoms. The first kappa shape index (κ1) is 13.3. The molecule has 1 saturated carbocycles. The van der Waals surface area contributed by atoms with Crippen LogP contribution in [0.5, 0.6) is 0 Å². The molecule has 1 aliphatic carbocycles. The molecular formula is C14H21N5O. The predicted octanol–water partition coefficient (Wildman–Crippen LogP) is 2.10. The monoisotopic (exact) mass is 275 g/mol. The molecule has 1 N–H and O–H groups in total. The van der Waals surface area contributed by atoms with E-state index in [1.54, 1.807) is 0 Å². The van der Waals surface area contributed by atoms with Crippen LogP contribution in [0.1, 0.15) is 50.4 Å². The molecule has 2 heterocycles. The van der Waals surface area contributed by atoms with Crippen LogP contribution in [-0.4, -0.2) is 26.0 Å². The highest BCUT2D eigenvalue weighted by molar-refractivity contribution is 4.92. The Labute approximate surface area is 118 Å². The second kappa shape index (κ2) is 6.17. The van der Waals surface area contributed by atoms with Crippen LogP contribution in [0.15, 0.2) is 23.0 Å². The summed E-state index contributed by atoms with van der Waals surface area (Å²) in [7, 11) is 0. The Morgan fingerprint density at radius 1 is 1.40 bits per heavy atom. The Morgan fingerprint density at radius 2 is 2.30 bits per heavy atom. The molecule has 0 aliphatic heterocycles. The van der Waals surface area contributed by atoms with Gasteiger partial charge in [-0.1, -0.05) is 24.9 Å². The summed E-state index contributed by atoms with van der Waals surface area (Å²) in [6.07, 6.45) is 9.56. The number of hydrogen-bond acceptors (Lipinski definition) is 5. The van der Waals surface area contributed by atoms with Crippen LogP contribution < -0.4 is 5.32 Å². The molecule has 108 valence electrons. The van der Waals surface area contributed by atoms with Crippen molar-refractivity contribution >= 4 is 0 Å². The number of nitrogens with zero attached hydrogens (tertiary/aromatic N) is 4. The molecule has 3 rings (SSSR count). The van der Waals surface area contributed by atoms with Gasteiger partial charge in [-0.25, -0.2) is 0 Å². The van der Waals surface area contributed by atoms with Gasteiger partial charge in [0.2, 0.25) is 5.89 Å². The van der Waals surface area contributed by atoms with E-state index in [2.05, 4.69) is 25.2 Å². The summed E-state index contributed by atoms with van der Waals surface area (Å²) in [5.41, 5.74) is 0. The zero-order valence-electron chi connectivity index (χ0n) is 11.8. The SMILES string of the molecule is CCc1nc(CN[C@@H]2CCCC[C@@H]2n2cccn2)no1. The Morgan fingerprint density at radius 3 is 3.05 bits per heavy atom. The Hall–Kier alpha value is -1.69. The normalized spacial score (nSPS) is 23.1. The quantitative estimate of drug-likeness (QED) is 0.905. The van der Waals surface area contributed by atoms with Gasteiger partial charge in [-0.2, -0.15) is 10.1 Å². The van der Waals surface area contributed by atoms with E-state index in [1.165, 1.54) is 25.7 Å². The molecule has 0 radical (unpaired) electrons. The van der Waals surface area contributed by atoms with E-state index in [1.807, 2.05) is 25.4 Å². The summed E-state index contributed by atoms with van der Waals surface area (Å²) in [6.45, 7) is 2.67. The van der Waals surface area contributed by atoms with Gasteiger partial charge in [-0.3, -0.25) is 4.68 Å². The fraction of sp³-hybridized carbons (Fsp3) is 0.643. The van der Waals surface area contributed by atoms with Gasteiger partial charge < -0.3 is 9.84 Å². The second-order valence-corrected chi connectivity index (χ2v) is 5.28. The molecule has 0 unspecified atom stereocenters. The fourth-order valence-corrected chi connectivity index (χ4v) is 2.87. The lowest BCUT2D eigenvalue weighted by Gasteiger charge is -2.32. The summed E-state index contributed by atoms with van der Waals surface area (Å²) in [4.78, 5) is 4.34. The van der Waals surface area contributed by atoms with Gasteiger partial charge in [0, 0.05) is 24.9 Å². The van der Waals surface area contributed by atoms with E-state index in [0.717, 1.165) is 12.2 Å². The van der Waals surface area contributed by atoms with Crippen LogP contribution in [0.25, 0.3) is 0 Å². The molecule has 2 atom stereocenters. The van der Waals surface area contributed by atoms with Crippen molar-refractivity contribution in [3.8, 4) is 0 Å². The van der Waals surface area contributed by atoms with Crippen molar-refractivity contribution < 1.29 is 4.52 Å². The molecule has 0 spiro atoms. The maximum absolute atomic E-state index is 5.13. The fourth-order valence-electron chi connectivity index (χ4n) is 2.87. The lowest BCUT2D eigenvalue weighted by Crippen LogP contribution is -2.39. The zero-order chi connectivity index (χ0) is 13.8. The average Bonchev–Trinajstić information content (AvgIpc) is 3.17. The third-order valence-electron chi connectivity index (χ3n) is 3.93. The standard InChI is InChI=1S/C14H21N5O/c1-2-14-17-13(18-20-14)10-15-11-6-3-4-7-12(11)19-9-5-8-16-19/h5,8-9,11-12,15H,2-4,6-7,10H2,1H3/t11-,12+/m1/s1. The van der Waals surface area contributed by atoms with Gasteiger partial charge >= 0.3 is 0 Å². The van der Waals surface area contributed by atoms with Crippen molar-refractivity contribution in [3.63, 3.8) is 0 Å². The number of hydrogen-bond donors (Lipinski definition) is 1. The van der Waals surface area contributed by atoms with E-state index in [9.17, 15) is 0 Å². The highest BCUT2D eigenvalue weighted by Crippen LogP contribution is 2.28. The molecule has 1 fully saturated rings. The Balaban J connectivity index is 1.62. The number of nitrogens with one attached hydrogen (secondary N) is 1. The van der Waals surface area contributed by atoms with E-state index >= 15 is 0 Å². The summed E-state index contributed by atoms with van der Waals surface area (Å²) in [5, 5.41) is 11.9.